The van der Waals surface area contributed by atoms with E-state index in [-0.39, 0.29) is 4.87 Å². The lowest BCUT2D eigenvalue weighted by atomic mass is 10.2. The van der Waals surface area contributed by atoms with Gasteiger partial charge in [-0.2, -0.15) is 0 Å². The number of rotatable bonds is 5. The number of hydrogen-bond acceptors (Lipinski definition) is 2. The third-order valence-electron chi connectivity index (χ3n) is 2.51. The second-order valence-corrected chi connectivity index (χ2v) is 5.44. The van der Waals surface area contributed by atoms with Gasteiger partial charge in [0.25, 0.3) is 0 Å². The van der Waals surface area contributed by atoms with Crippen LogP contribution in [0.3, 0.4) is 0 Å². The number of unbranched alkanes of at least 4 members (excludes halogenated alkanes) is 1. The van der Waals surface area contributed by atoms with Gasteiger partial charge in [-0.15, -0.1) is 12.6 Å². The molecule has 2 nitrogen and oxygen atoms in total. The smallest absolute Gasteiger partial charge is 0.119 e. The van der Waals surface area contributed by atoms with E-state index in [1.165, 1.54) is 18.4 Å². The number of thiol groups is 1. The van der Waals surface area contributed by atoms with Crippen LogP contribution in [-0.4, -0.2) is 10.7 Å². The molecule has 0 saturated carbocycles. The van der Waals surface area contributed by atoms with Crippen LogP contribution >= 0.6 is 12.6 Å². The maximum absolute atomic E-state index is 5.73. The van der Waals surface area contributed by atoms with Gasteiger partial charge in [0, 0.05) is 0 Å². The van der Waals surface area contributed by atoms with Gasteiger partial charge in [0.2, 0.25) is 0 Å². The van der Waals surface area contributed by atoms with Crippen LogP contribution in [-0.2, 0) is 0 Å². The monoisotopic (exact) mass is 300 g/mol. The van der Waals surface area contributed by atoms with E-state index >= 15 is 0 Å². The molecule has 0 aromatic rings. The second-order valence-electron chi connectivity index (χ2n) is 4.47. The van der Waals surface area contributed by atoms with Crippen LogP contribution in [0.25, 0.3) is 0 Å². The van der Waals surface area contributed by atoms with E-state index in [9.17, 15) is 0 Å². The van der Waals surface area contributed by atoms with Crippen molar-refractivity contribution in [2.45, 2.75) is 79.5 Å². The van der Waals surface area contributed by atoms with E-state index in [0.29, 0.717) is 5.84 Å². The Morgan fingerprint density at radius 2 is 1.60 bits per heavy atom. The molecule has 0 saturated heterocycles. The third kappa shape index (κ3) is 19.6. The predicted octanol–water partition coefficient (Wildman–Crippen LogP) is 5.75. The highest BCUT2D eigenvalue weighted by Crippen LogP contribution is 2.19. The fraction of sp³-hybridized carbons (Fsp3) is 0.706. The summed E-state index contributed by atoms with van der Waals surface area (Å²) in [5, 5.41) is 0. The standard InChI is InChI=1S/C11H20N2S.C4H10.C2H6/c1-5-9(3)7-8-10(12)13-11(4,14)6-2;1-3-4-2;1-2/h5,7-8,14H,6H2,1-4H3,(H2,12,13);3-4H2,1-2H3;1-2H3/b8-7-,9-5-;;/t11-;;/m1../s1. The molecule has 0 radical (unpaired) electrons. The molecule has 0 aromatic carbocycles. The predicted molar refractivity (Wildman–Crippen MR) is 99.8 cm³/mol. The van der Waals surface area contributed by atoms with Gasteiger partial charge >= 0.3 is 0 Å². The molecule has 2 N–H and O–H groups in total. The minimum absolute atomic E-state index is 0.363. The Labute approximate surface area is 133 Å². The number of nitrogens with zero attached hydrogens (tertiary/aromatic N) is 1. The number of aliphatic imine (C=N–C) groups is 1. The van der Waals surface area contributed by atoms with Crippen molar-refractivity contribution in [2.24, 2.45) is 10.7 Å². The molecule has 0 aliphatic heterocycles. The van der Waals surface area contributed by atoms with Crippen LogP contribution in [0.1, 0.15) is 74.7 Å². The van der Waals surface area contributed by atoms with Crippen molar-refractivity contribution in [3.05, 3.63) is 23.8 Å². The molecule has 20 heavy (non-hydrogen) atoms. The van der Waals surface area contributed by atoms with Gasteiger partial charge in [0.1, 0.15) is 10.7 Å². The van der Waals surface area contributed by atoms with E-state index in [4.69, 9.17) is 5.73 Å². The van der Waals surface area contributed by atoms with Crippen LogP contribution in [0.4, 0.5) is 0 Å². The summed E-state index contributed by atoms with van der Waals surface area (Å²) in [4.78, 5) is 3.92. The molecule has 0 unspecified atom stereocenters. The lowest BCUT2D eigenvalue weighted by Crippen LogP contribution is -2.19. The first-order valence-corrected chi connectivity index (χ1v) is 8.16. The van der Waals surface area contributed by atoms with Crippen molar-refractivity contribution in [2.75, 3.05) is 0 Å². The molecule has 0 bridgehead atoms. The molecule has 0 fully saturated rings. The highest BCUT2D eigenvalue weighted by molar-refractivity contribution is 7.81. The molecule has 0 heterocycles. The first-order chi connectivity index (χ1) is 9.32. The van der Waals surface area contributed by atoms with E-state index in [1.54, 1.807) is 6.08 Å². The summed E-state index contributed by atoms with van der Waals surface area (Å²) in [6.07, 6.45) is 9.26. The molecule has 0 rings (SSSR count). The lowest BCUT2D eigenvalue weighted by molar-refractivity contribution is 0.660. The minimum Gasteiger partial charge on any atom is -0.384 e. The topological polar surface area (TPSA) is 38.4 Å². The van der Waals surface area contributed by atoms with Crippen LogP contribution < -0.4 is 5.73 Å². The third-order valence-corrected chi connectivity index (χ3v) is 2.93. The van der Waals surface area contributed by atoms with Gasteiger partial charge in [-0.3, -0.25) is 4.99 Å². The molecule has 0 spiro atoms. The van der Waals surface area contributed by atoms with Crippen LogP contribution in [0.5, 0.6) is 0 Å². The van der Waals surface area contributed by atoms with Crippen molar-refractivity contribution in [3.8, 4) is 0 Å². The summed E-state index contributed by atoms with van der Waals surface area (Å²) in [7, 11) is 0. The zero-order valence-corrected chi connectivity index (χ0v) is 15.7. The molecular formula is C17H36N2S. The number of allylic oxidation sites excluding steroid dienone is 3. The Morgan fingerprint density at radius 1 is 1.15 bits per heavy atom. The number of amidine groups is 1. The largest absolute Gasteiger partial charge is 0.384 e. The van der Waals surface area contributed by atoms with E-state index in [0.717, 1.165) is 6.42 Å². The van der Waals surface area contributed by atoms with Crippen LogP contribution in [0.15, 0.2) is 28.8 Å². The Hall–Kier alpha value is -0.700. The van der Waals surface area contributed by atoms with Gasteiger partial charge in [0.15, 0.2) is 0 Å². The van der Waals surface area contributed by atoms with Crippen molar-refractivity contribution in [1.29, 1.82) is 0 Å². The summed E-state index contributed by atoms with van der Waals surface area (Å²) in [5.74, 6) is 0.519. The molecule has 1 atom stereocenters. The molecule has 0 amide bonds. The van der Waals surface area contributed by atoms with Crippen molar-refractivity contribution in [3.63, 3.8) is 0 Å². The summed E-state index contributed by atoms with van der Waals surface area (Å²) in [6.45, 7) is 16.3. The van der Waals surface area contributed by atoms with Gasteiger partial charge in [0.05, 0.1) is 0 Å². The first kappa shape index (κ1) is 24.3. The summed E-state index contributed by atoms with van der Waals surface area (Å²) in [6, 6.07) is 0. The second kappa shape index (κ2) is 16.4. The number of hydrogen-bond donors (Lipinski definition) is 2. The van der Waals surface area contributed by atoms with Crippen molar-refractivity contribution < 1.29 is 0 Å². The Bertz CT molecular complexity index is 287. The average Bonchev–Trinajstić information content (AvgIpc) is 2.46. The molecule has 0 aliphatic rings. The molecule has 3 heteroatoms. The summed E-state index contributed by atoms with van der Waals surface area (Å²) < 4.78 is 0. The zero-order valence-electron chi connectivity index (χ0n) is 14.8. The maximum Gasteiger partial charge on any atom is 0.119 e. The summed E-state index contributed by atoms with van der Waals surface area (Å²) in [5.41, 5.74) is 6.89. The fourth-order valence-corrected chi connectivity index (χ4v) is 0.823. The number of nitrogens with two attached hydrogens (primary N) is 1. The quantitative estimate of drug-likeness (QED) is 0.288. The maximum atomic E-state index is 5.73. The van der Waals surface area contributed by atoms with E-state index in [2.05, 4.69) is 31.5 Å². The van der Waals surface area contributed by atoms with Gasteiger partial charge in [-0.05, 0) is 33.3 Å². The first-order valence-electron chi connectivity index (χ1n) is 7.71. The SMILES string of the molecule is CC.CCCC.C\C=C(C)/C=C\C(N)=N/[C@](C)(S)CC. The van der Waals surface area contributed by atoms with E-state index in [1.807, 2.05) is 53.7 Å². The average molecular weight is 301 g/mol. The van der Waals surface area contributed by atoms with Crippen molar-refractivity contribution >= 4 is 18.5 Å². The van der Waals surface area contributed by atoms with Crippen LogP contribution in [0, 0.1) is 0 Å². The van der Waals surface area contributed by atoms with E-state index < -0.39 is 0 Å². The molecule has 0 aliphatic carbocycles. The van der Waals surface area contributed by atoms with Gasteiger partial charge < -0.3 is 5.73 Å². The highest BCUT2D eigenvalue weighted by Gasteiger charge is 2.13. The Balaban J connectivity index is -0.000000410. The Kier molecular flexibility index (Phi) is 19.9. The van der Waals surface area contributed by atoms with Crippen LogP contribution in [0.2, 0.25) is 0 Å². The van der Waals surface area contributed by atoms with Crippen molar-refractivity contribution in [1.82, 2.24) is 0 Å². The summed E-state index contributed by atoms with van der Waals surface area (Å²) >= 11 is 4.38. The molecule has 0 aromatic heterocycles. The molecule has 120 valence electrons. The minimum atomic E-state index is -0.363. The Morgan fingerprint density at radius 3 is 1.90 bits per heavy atom. The zero-order chi connectivity index (χ0) is 16.6. The van der Waals surface area contributed by atoms with Gasteiger partial charge in [-0.25, -0.2) is 0 Å². The normalized spacial score (nSPS) is 14.8. The highest BCUT2D eigenvalue weighted by atomic mass is 32.1. The fourth-order valence-electron chi connectivity index (χ4n) is 0.707. The molecular weight excluding hydrogens is 264 g/mol. The lowest BCUT2D eigenvalue weighted by Gasteiger charge is -2.15. The van der Waals surface area contributed by atoms with Gasteiger partial charge in [-0.1, -0.05) is 65.2 Å².